The van der Waals surface area contributed by atoms with E-state index in [-0.39, 0.29) is 11.7 Å². The van der Waals surface area contributed by atoms with Gasteiger partial charge in [0.05, 0.1) is 10.9 Å². The maximum atomic E-state index is 12.1. The minimum absolute atomic E-state index is 0.195. The van der Waals surface area contributed by atoms with E-state index in [2.05, 4.69) is 4.98 Å². The minimum Gasteiger partial charge on any atom is -0.426 e. The van der Waals surface area contributed by atoms with E-state index in [1.165, 1.54) is 19.9 Å². The fraction of sp³-hybridized carbons (Fsp3) is 0.158. The highest BCUT2D eigenvalue weighted by atomic mass is 32.1. The third kappa shape index (κ3) is 3.34. The van der Waals surface area contributed by atoms with E-state index in [1.54, 1.807) is 13.0 Å². The van der Waals surface area contributed by atoms with Crippen LogP contribution in [0, 0.1) is 11.6 Å². The van der Waals surface area contributed by atoms with Crippen LogP contribution in [0.3, 0.4) is 0 Å². The molecule has 3 aromatic rings. The van der Waals surface area contributed by atoms with E-state index in [9.17, 15) is 9.59 Å². The van der Waals surface area contributed by atoms with Crippen LogP contribution in [-0.4, -0.2) is 16.7 Å². The van der Waals surface area contributed by atoms with Gasteiger partial charge in [0, 0.05) is 18.1 Å². The van der Waals surface area contributed by atoms with Gasteiger partial charge in [0.1, 0.15) is 5.75 Å². The maximum Gasteiger partial charge on any atom is 0.308 e. The first kappa shape index (κ1) is 17.0. The lowest BCUT2D eigenvalue weighted by Gasteiger charge is -2.12. The molecule has 0 aliphatic carbocycles. The van der Waals surface area contributed by atoms with Crippen molar-refractivity contribution >= 4 is 34.9 Å². The van der Waals surface area contributed by atoms with Crippen LogP contribution < -0.4 is 4.74 Å². The molecule has 0 fully saturated rings. The van der Waals surface area contributed by atoms with Crippen molar-refractivity contribution in [2.24, 2.45) is 0 Å². The third-order valence-corrected chi connectivity index (χ3v) is 4.02. The number of carbonyl (C=O) groups is 2. The van der Waals surface area contributed by atoms with Gasteiger partial charge in [-0.05, 0) is 55.9 Å². The standard InChI is InChI=1S/C19H15NO4S/c1-10-8-15(14(11(2)21)9-17(10)23-12(3)22)18-20-16-7-5-4-6-13(16)19(25)24-18/h4-9H,1-3H3. The number of ketones is 1. The molecule has 6 heteroatoms. The Bertz CT molecular complexity index is 1070. The van der Waals surface area contributed by atoms with Gasteiger partial charge in [-0.2, -0.15) is 0 Å². The zero-order valence-corrected chi connectivity index (χ0v) is 14.8. The Morgan fingerprint density at radius 1 is 1.16 bits per heavy atom. The highest BCUT2D eigenvalue weighted by Gasteiger charge is 2.18. The van der Waals surface area contributed by atoms with E-state index in [0.29, 0.717) is 32.7 Å². The van der Waals surface area contributed by atoms with E-state index in [1.807, 2.05) is 24.3 Å². The largest absolute Gasteiger partial charge is 0.426 e. The highest BCUT2D eigenvalue weighted by molar-refractivity contribution is 7.71. The molecule has 0 bridgehead atoms. The van der Waals surface area contributed by atoms with Crippen molar-refractivity contribution in [2.75, 3.05) is 0 Å². The second-order valence-corrected chi connectivity index (χ2v) is 6.01. The Balaban J connectivity index is 2.26. The molecule has 0 saturated heterocycles. The molecule has 1 aromatic heterocycles. The average Bonchev–Trinajstić information content (AvgIpc) is 2.55. The summed E-state index contributed by atoms with van der Waals surface area (Å²) in [5.74, 6) is -0.0570. The maximum absolute atomic E-state index is 12.1. The molecule has 126 valence electrons. The monoisotopic (exact) mass is 353 g/mol. The smallest absolute Gasteiger partial charge is 0.308 e. The molecule has 0 amide bonds. The van der Waals surface area contributed by atoms with E-state index in [4.69, 9.17) is 21.4 Å². The molecule has 2 aromatic carbocycles. The molecule has 0 spiro atoms. The van der Waals surface area contributed by atoms with Crippen molar-refractivity contribution in [1.82, 2.24) is 4.98 Å². The molecule has 0 atom stereocenters. The quantitative estimate of drug-likeness (QED) is 0.295. The van der Waals surface area contributed by atoms with Crippen molar-refractivity contribution < 1.29 is 18.7 Å². The van der Waals surface area contributed by atoms with Crippen molar-refractivity contribution in [3.63, 3.8) is 0 Å². The lowest BCUT2D eigenvalue weighted by Crippen LogP contribution is -2.06. The van der Waals surface area contributed by atoms with Crippen LogP contribution in [-0.2, 0) is 4.79 Å². The first-order valence-electron chi connectivity index (χ1n) is 7.61. The number of aryl methyl sites for hydroxylation is 1. The van der Waals surface area contributed by atoms with E-state index >= 15 is 0 Å². The van der Waals surface area contributed by atoms with Crippen molar-refractivity contribution in [1.29, 1.82) is 0 Å². The Labute approximate surface area is 149 Å². The van der Waals surface area contributed by atoms with Gasteiger partial charge in [-0.15, -0.1) is 0 Å². The predicted octanol–water partition coefficient (Wildman–Crippen LogP) is 4.66. The van der Waals surface area contributed by atoms with Gasteiger partial charge in [-0.25, -0.2) is 4.98 Å². The van der Waals surface area contributed by atoms with Gasteiger partial charge < -0.3 is 9.15 Å². The number of aromatic nitrogens is 1. The first-order valence-corrected chi connectivity index (χ1v) is 8.02. The summed E-state index contributed by atoms with van der Waals surface area (Å²) in [5, 5.41) is 0.735. The fourth-order valence-electron chi connectivity index (χ4n) is 2.56. The summed E-state index contributed by atoms with van der Waals surface area (Å²) < 4.78 is 11.1. The number of benzene rings is 2. The number of para-hydroxylation sites is 1. The highest BCUT2D eigenvalue weighted by Crippen LogP contribution is 2.31. The molecule has 1 heterocycles. The average molecular weight is 353 g/mol. The number of hydrogen-bond donors (Lipinski definition) is 0. The predicted molar refractivity (Wildman–Crippen MR) is 96.3 cm³/mol. The van der Waals surface area contributed by atoms with Crippen LogP contribution in [0.15, 0.2) is 40.8 Å². The number of Topliss-reactive ketones (excluding diaryl/α,β-unsaturated/α-hetero) is 1. The van der Waals surface area contributed by atoms with Gasteiger partial charge in [0.2, 0.25) is 10.6 Å². The minimum atomic E-state index is -0.452. The zero-order chi connectivity index (χ0) is 18.1. The van der Waals surface area contributed by atoms with E-state index in [0.717, 1.165) is 5.39 Å². The van der Waals surface area contributed by atoms with Gasteiger partial charge in [-0.3, -0.25) is 9.59 Å². The lowest BCUT2D eigenvalue weighted by atomic mass is 10.0. The van der Waals surface area contributed by atoms with E-state index < -0.39 is 5.97 Å². The second-order valence-electron chi connectivity index (χ2n) is 5.64. The summed E-state index contributed by atoms with van der Waals surface area (Å²) in [6.07, 6.45) is 0. The van der Waals surface area contributed by atoms with Crippen LogP contribution in [0.2, 0.25) is 0 Å². The van der Waals surface area contributed by atoms with Gasteiger partial charge in [0.25, 0.3) is 0 Å². The lowest BCUT2D eigenvalue weighted by molar-refractivity contribution is -0.131. The number of ether oxygens (including phenoxy) is 1. The number of rotatable bonds is 3. The Morgan fingerprint density at radius 3 is 2.56 bits per heavy atom. The van der Waals surface area contributed by atoms with Crippen LogP contribution in [0.5, 0.6) is 5.75 Å². The SMILES string of the molecule is CC(=O)Oc1cc(C(C)=O)c(-c2nc3ccccc3c(=S)o2)cc1C. The molecule has 0 aliphatic heterocycles. The Kier molecular flexibility index (Phi) is 4.46. The molecular weight excluding hydrogens is 338 g/mol. The van der Waals surface area contributed by atoms with Crippen LogP contribution in [0.4, 0.5) is 0 Å². The Morgan fingerprint density at radius 2 is 1.88 bits per heavy atom. The number of carbonyl (C=O) groups excluding carboxylic acids is 2. The first-order chi connectivity index (χ1) is 11.9. The third-order valence-electron chi connectivity index (χ3n) is 3.71. The number of esters is 1. The zero-order valence-electron chi connectivity index (χ0n) is 14.0. The topological polar surface area (TPSA) is 69.4 Å². The van der Waals surface area contributed by atoms with Gasteiger partial charge in [-0.1, -0.05) is 12.1 Å². The molecule has 5 nitrogen and oxygen atoms in total. The molecule has 0 radical (unpaired) electrons. The van der Waals surface area contributed by atoms with Crippen molar-refractivity contribution in [2.45, 2.75) is 20.8 Å². The van der Waals surface area contributed by atoms with Crippen LogP contribution in [0.25, 0.3) is 22.4 Å². The van der Waals surface area contributed by atoms with Gasteiger partial charge in [0.15, 0.2) is 5.78 Å². The summed E-state index contributed by atoms with van der Waals surface area (Å²) in [6, 6.07) is 10.6. The fourth-order valence-corrected chi connectivity index (χ4v) is 2.81. The van der Waals surface area contributed by atoms with Crippen LogP contribution in [0.1, 0.15) is 29.8 Å². The summed E-state index contributed by atoms with van der Waals surface area (Å²) in [4.78, 5) is 27.8. The molecule has 0 unspecified atom stereocenters. The summed E-state index contributed by atoms with van der Waals surface area (Å²) in [7, 11) is 0. The molecular formula is C19H15NO4S. The van der Waals surface area contributed by atoms with Crippen molar-refractivity contribution in [3.05, 3.63) is 52.2 Å². The number of fused-ring (bicyclic) bond motifs is 1. The molecule has 0 N–H and O–H groups in total. The summed E-state index contributed by atoms with van der Waals surface area (Å²) in [5.41, 5.74) is 2.23. The Hall–Kier alpha value is -2.86. The molecule has 25 heavy (non-hydrogen) atoms. The normalized spacial score (nSPS) is 10.7. The molecule has 0 saturated carbocycles. The summed E-state index contributed by atoms with van der Waals surface area (Å²) >= 11 is 5.30. The van der Waals surface area contributed by atoms with Crippen LogP contribution >= 0.6 is 12.2 Å². The number of hydrogen-bond acceptors (Lipinski definition) is 6. The van der Waals surface area contributed by atoms with Crippen molar-refractivity contribution in [3.8, 4) is 17.2 Å². The number of nitrogens with zero attached hydrogens (tertiary/aromatic N) is 1. The molecule has 3 rings (SSSR count). The second kappa shape index (κ2) is 6.57. The molecule has 0 aliphatic rings. The van der Waals surface area contributed by atoms with Gasteiger partial charge >= 0.3 is 5.97 Å². The summed E-state index contributed by atoms with van der Waals surface area (Å²) in [6.45, 7) is 4.52.